The maximum Gasteiger partial charge on any atom is 0.00131 e. The van der Waals surface area contributed by atoms with Gasteiger partial charge in [0.05, 0.1) is 0 Å². The molecule has 0 aliphatic heterocycles. The van der Waals surface area contributed by atoms with Gasteiger partial charge in [0.15, 0.2) is 0 Å². The van der Waals surface area contributed by atoms with Crippen molar-refractivity contribution < 1.29 is 0 Å². The van der Waals surface area contributed by atoms with Gasteiger partial charge in [-0.25, -0.2) is 0 Å². The smallest absolute Gasteiger partial charge is 0.00131 e. The fraction of sp³-hybridized carbons (Fsp3) is 0.538. The Bertz CT molecular complexity index is 273. The first kappa shape index (κ1) is 9.72. The molecular weight excluding hydrogens is 170 g/mol. The van der Waals surface area contributed by atoms with Crippen LogP contribution < -0.4 is 5.73 Å². The standard InChI is InChI=1S/C13H19N/c1-10(14)7-11-8-13(9-11)12-5-3-2-4-6-12/h2-6,10-11,13H,7-9,14H2,1H3. The maximum atomic E-state index is 5.79. The maximum absolute atomic E-state index is 5.79. The second-order valence-corrected chi connectivity index (χ2v) is 4.66. The van der Waals surface area contributed by atoms with E-state index >= 15 is 0 Å². The molecule has 1 heteroatoms. The van der Waals surface area contributed by atoms with Crippen LogP contribution in [0.2, 0.25) is 0 Å². The van der Waals surface area contributed by atoms with E-state index in [1.807, 2.05) is 0 Å². The molecule has 0 radical (unpaired) electrons. The summed E-state index contributed by atoms with van der Waals surface area (Å²) in [6, 6.07) is 11.2. The number of hydrogen-bond donors (Lipinski definition) is 1. The van der Waals surface area contributed by atoms with Crippen LogP contribution in [0, 0.1) is 5.92 Å². The van der Waals surface area contributed by atoms with Crippen molar-refractivity contribution in [2.24, 2.45) is 11.7 Å². The lowest BCUT2D eigenvalue weighted by molar-refractivity contribution is 0.237. The Kier molecular flexibility index (Phi) is 2.87. The molecule has 0 heterocycles. The summed E-state index contributed by atoms with van der Waals surface area (Å²) in [5.74, 6) is 1.68. The normalized spacial score (nSPS) is 28.1. The van der Waals surface area contributed by atoms with E-state index in [4.69, 9.17) is 5.73 Å². The molecule has 1 atom stereocenters. The third-order valence-corrected chi connectivity index (χ3v) is 3.21. The zero-order valence-corrected chi connectivity index (χ0v) is 8.82. The number of hydrogen-bond acceptors (Lipinski definition) is 1. The van der Waals surface area contributed by atoms with Crippen molar-refractivity contribution in [3.05, 3.63) is 35.9 Å². The number of benzene rings is 1. The van der Waals surface area contributed by atoms with E-state index in [0.717, 1.165) is 11.8 Å². The predicted octanol–water partition coefficient (Wildman–Crippen LogP) is 2.92. The Morgan fingerprint density at radius 2 is 1.93 bits per heavy atom. The Balaban J connectivity index is 1.83. The predicted molar refractivity (Wildman–Crippen MR) is 60.2 cm³/mol. The Morgan fingerprint density at radius 1 is 1.29 bits per heavy atom. The highest BCUT2D eigenvalue weighted by atomic mass is 14.6. The highest BCUT2D eigenvalue weighted by molar-refractivity contribution is 5.21. The van der Waals surface area contributed by atoms with Crippen molar-refractivity contribution in [3.8, 4) is 0 Å². The molecule has 1 saturated carbocycles. The summed E-state index contributed by atoms with van der Waals surface area (Å²) in [4.78, 5) is 0. The van der Waals surface area contributed by atoms with Gasteiger partial charge in [-0.1, -0.05) is 30.3 Å². The lowest BCUT2D eigenvalue weighted by atomic mass is 9.69. The third-order valence-electron chi connectivity index (χ3n) is 3.21. The molecule has 1 aromatic carbocycles. The van der Waals surface area contributed by atoms with Crippen LogP contribution in [-0.2, 0) is 0 Å². The molecule has 2 rings (SSSR count). The average Bonchev–Trinajstić information content (AvgIpc) is 2.12. The van der Waals surface area contributed by atoms with Crippen molar-refractivity contribution in [2.75, 3.05) is 0 Å². The highest BCUT2D eigenvalue weighted by Gasteiger charge is 2.30. The van der Waals surface area contributed by atoms with Gasteiger partial charge in [-0.15, -0.1) is 0 Å². The van der Waals surface area contributed by atoms with E-state index in [2.05, 4.69) is 37.3 Å². The molecule has 14 heavy (non-hydrogen) atoms. The average molecular weight is 189 g/mol. The zero-order chi connectivity index (χ0) is 9.97. The largest absolute Gasteiger partial charge is 0.328 e. The summed E-state index contributed by atoms with van der Waals surface area (Å²) in [5, 5.41) is 0. The van der Waals surface area contributed by atoms with E-state index in [1.165, 1.54) is 24.8 Å². The van der Waals surface area contributed by atoms with Crippen LogP contribution in [0.4, 0.5) is 0 Å². The molecule has 1 aromatic rings. The van der Waals surface area contributed by atoms with Gasteiger partial charge in [0.25, 0.3) is 0 Å². The first-order valence-corrected chi connectivity index (χ1v) is 5.56. The van der Waals surface area contributed by atoms with Gasteiger partial charge in [-0.05, 0) is 43.6 Å². The van der Waals surface area contributed by atoms with Crippen molar-refractivity contribution in [1.82, 2.24) is 0 Å². The van der Waals surface area contributed by atoms with Gasteiger partial charge in [-0.3, -0.25) is 0 Å². The van der Waals surface area contributed by atoms with Gasteiger partial charge in [0, 0.05) is 6.04 Å². The Labute approximate surface area is 86.3 Å². The molecule has 1 aliphatic rings. The molecule has 1 aliphatic carbocycles. The second-order valence-electron chi connectivity index (χ2n) is 4.66. The summed E-state index contributed by atoms with van der Waals surface area (Å²) in [7, 11) is 0. The van der Waals surface area contributed by atoms with Gasteiger partial charge < -0.3 is 5.73 Å². The molecule has 1 fully saturated rings. The van der Waals surface area contributed by atoms with Crippen LogP contribution >= 0.6 is 0 Å². The second kappa shape index (κ2) is 4.14. The van der Waals surface area contributed by atoms with Gasteiger partial charge >= 0.3 is 0 Å². The van der Waals surface area contributed by atoms with Gasteiger partial charge in [0.1, 0.15) is 0 Å². The van der Waals surface area contributed by atoms with Gasteiger partial charge in [-0.2, -0.15) is 0 Å². The van der Waals surface area contributed by atoms with Crippen LogP contribution in [0.3, 0.4) is 0 Å². The number of rotatable bonds is 3. The van der Waals surface area contributed by atoms with Crippen molar-refractivity contribution in [3.63, 3.8) is 0 Å². The molecule has 0 spiro atoms. The van der Waals surface area contributed by atoms with Crippen LogP contribution in [0.15, 0.2) is 30.3 Å². The van der Waals surface area contributed by atoms with Crippen LogP contribution in [0.25, 0.3) is 0 Å². The Hall–Kier alpha value is -0.820. The first-order chi connectivity index (χ1) is 6.75. The SMILES string of the molecule is CC(N)CC1CC(c2ccccc2)C1. The van der Waals surface area contributed by atoms with E-state index < -0.39 is 0 Å². The highest BCUT2D eigenvalue weighted by Crippen LogP contribution is 2.43. The first-order valence-electron chi connectivity index (χ1n) is 5.56. The Morgan fingerprint density at radius 3 is 2.50 bits per heavy atom. The molecule has 0 aromatic heterocycles. The lowest BCUT2D eigenvalue weighted by Crippen LogP contribution is -2.28. The number of nitrogens with two attached hydrogens (primary N) is 1. The zero-order valence-electron chi connectivity index (χ0n) is 8.82. The van der Waals surface area contributed by atoms with Crippen molar-refractivity contribution >= 4 is 0 Å². The molecule has 2 N–H and O–H groups in total. The van der Waals surface area contributed by atoms with Crippen LogP contribution in [-0.4, -0.2) is 6.04 Å². The van der Waals surface area contributed by atoms with E-state index in [9.17, 15) is 0 Å². The molecular formula is C13H19N. The van der Waals surface area contributed by atoms with Crippen LogP contribution in [0.5, 0.6) is 0 Å². The van der Waals surface area contributed by atoms with E-state index in [0.29, 0.717) is 6.04 Å². The molecule has 0 amide bonds. The molecule has 76 valence electrons. The molecule has 1 nitrogen and oxygen atoms in total. The minimum atomic E-state index is 0.372. The van der Waals surface area contributed by atoms with Gasteiger partial charge in [0.2, 0.25) is 0 Å². The quantitative estimate of drug-likeness (QED) is 0.777. The van der Waals surface area contributed by atoms with Crippen molar-refractivity contribution in [2.45, 2.75) is 38.1 Å². The van der Waals surface area contributed by atoms with Crippen molar-refractivity contribution in [1.29, 1.82) is 0 Å². The van der Waals surface area contributed by atoms with E-state index in [1.54, 1.807) is 0 Å². The third kappa shape index (κ3) is 2.16. The molecule has 0 saturated heterocycles. The monoisotopic (exact) mass is 189 g/mol. The minimum Gasteiger partial charge on any atom is -0.328 e. The fourth-order valence-corrected chi connectivity index (χ4v) is 2.45. The molecule has 1 unspecified atom stereocenters. The summed E-state index contributed by atoms with van der Waals surface area (Å²) in [6.45, 7) is 2.11. The van der Waals surface area contributed by atoms with E-state index in [-0.39, 0.29) is 0 Å². The summed E-state index contributed by atoms with van der Waals surface area (Å²) in [5.41, 5.74) is 7.29. The fourth-order valence-electron chi connectivity index (χ4n) is 2.45. The van der Waals surface area contributed by atoms with Crippen LogP contribution in [0.1, 0.15) is 37.7 Å². The summed E-state index contributed by atoms with van der Waals surface area (Å²) in [6.07, 6.45) is 3.88. The molecule has 0 bridgehead atoms. The topological polar surface area (TPSA) is 26.0 Å². The lowest BCUT2D eigenvalue weighted by Gasteiger charge is -2.36. The minimum absolute atomic E-state index is 0.372. The summed E-state index contributed by atoms with van der Waals surface area (Å²) < 4.78 is 0. The summed E-state index contributed by atoms with van der Waals surface area (Å²) >= 11 is 0.